The minimum Gasteiger partial charge on any atom is -1.00 e. The second-order valence-corrected chi connectivity index (χ2v) is 11.2. The van der Waals surface area contributed by atoms with Gasteiger partial charge in [0.1, 0.15) is 11.5 Å². The smallest absolute Gasteiger partial charge is 0.310 e. The maximum Gasteiger partial charge on any atom is 0.310 e. The second-order valence-electron chi connectivity index (χ2n) is 10.7. The van der Waals surface area contributed by atoms with Crippen molar-refractivity contribution < 1.29 is 31.2 Å². The van der Waals surface area contributed by atoms with E-state index in [0.29, 0.717) is 23.6 Å². The first-order valence-electron chi connectivity index (χ1n) is 13.5. The Morgan fingerprint density at radius 3 is 2.25 bits per heavy atom. The van der Waals surface area contributed by atoms with Crippen LogP contribution < -0.4 is 17.1 Å². The molecule has 3 unspecified atom stereocenters. The number of benzene rings is 2. The van der Waals surface area contributed by atoms with Gasteiger partial charge in [-0.15, -0.1) is 0 Å². The summed E-state index contributed by atoms with van der Waals surface area (Å²) in [6.45, 7) is 4.47. The molecule has 0 aromatic heterocycles. The Kier molecular flexibility index (Phi) is 11.0. The molecule has 2 heterocycles. The van der Waals surface area contributed by atoms with E-state index in [1.807, 2.05) is 30.3 Å². The zero-order chi connectivity index (χ0) is 24.7. The number of hydrogen-bond donors (Lipinski definition) is 0. The number of halogens is 2. The van der Waals surface area contributed by atoms with Gasteiger partial charge in [-0.25, -0.2) is 0 Å². The van der Waals surface area contributed by atoms with Gasteiger partial charge < -0.3 is 21.9 Å². The summed E-state index contributed by atoms with van der Waals surface area (Å²) in [6, 6.07) is 14.2. The van der Waals surface area contributed by atoms with Gasteiger partial charge in [-0.1, -0.05) is 88.1 Å². The lowest BCUT2D eigenvalue weighted by atomic mass is 9.84. The van der Waals surface area contributed by atoms with Crippen LogP contribution in [0.2, 0.25) is 5.02 Å². The summed E-state index contributed by atoms with van der Waals surface area (Å²) in [4.78, 5) is 12.5. The van der Waals surface area contributed by atoms with Gasteiger partial charge >= 0.3 is 5.97 Å². The van der Waals surface area contributed by atoms with Gasteiger partial charge in [0.05, 0.1) is 20.1 Å². The predicted octanol–water partition coefficient (Wildman–Crippen LogP) is 5.20. The highest BCUT2D eigenvalue weighted by atomic mass is 35.5. The van der Waals surface area contributed by atoms with E-state index in [9.17, 15) is 4.79 Å². The molecule has 2 aromatic carbocycles. The maximum atomic E-state index is 12.5. The van der Waals surface area contributed by atoms with Gasteiger partial charge in [-0.3, -0.25) is 9.28 Å². The van der Waals surface area contributed by atoms with Gasteiger partial charge in [-0.2, -0.15) is 0 Å². The number of ether oxygens (including phenoxy) is 2. The van der Waals surface area contributed by atoms with Crippen molar-refractivity contribution in [3.05, 3.63) is 58.6 Å². The second kappa shape index (κ2) is 13.7. The monoisotopic (exact) mass is 533 g/mol. The summed E-state index contributed by atoms with van der Waals surface area (Å²) in [5.41, 5.74) is 2.38. The largest absolute Gasteiger partial charge is 1.00 e. The van der Waals surface area contributed by atoms with Crippen LogP contribution in [0.25, 0.3) is 0 Å². The fourth-order valence-corrected chi connectivity index (χ4v) is 5.98. The van der Waals surface area contributed by atoms with E-state index >= 15 is 0 Å². The van der Waals surface area contributed by atoms with Crippen LogP contribution in [0.4, 0.5) is 0 Å². The molecule has 0 aliphatic carbocycles. The van der Waals surface area contributed by atoms with Gasteiger partial charge in [0, 0.05) is 34.4 Å². The van der Waals surface area contributed by atoms with Crippen LogP contribution in [0, 0.1) is 0 Å². The van der Waals surface area contributed by atoms with Crippen LogP contribution in [0.15, 0.2) is 42.5 Å². The fraction of sp³-hybridized carbons (Fsp3) is 0.567. The normalized spacial score (nSPS) is 21.9. The first kappa shape index (κ1) is 28.8. The summed E-state index contributed by atoms with van der Waals surface area (Å²) in [5.74, 6) is 2.30. The van der Waals surface area contributed by atoms with Crippen molar-refractivity contribution in [1.82, 2.24) is 0 Å². The van der Waals surface area contributed by atoms with E-state index in [4.69, 9.17) is 21.1 Å². The summed E-state index contributed by atoms with van der Waals surface area (Å²) in [6.07, 6.45) is 11.8. The fourth-order valence-electron chi connectivity index (χ4n) is 5.79. The molecule has 0 amide bonds. The Balaban J connectivity index is 0.00000361. The molecule has 0 N–H and O–H groups in total. The van der Waals surface area contributed by atoms with Crippen LogP contribution in [0.3, 0.4) is 0 Å². The summed E-state index contributed by atoms with van der Waals surface area (Å²) < 4.78 is 12.8. The Labute approximate surface area is 228 Å². The Hall–Kier alpha value is -1.75. The van der Waals surface area contributed by atoms with E-state index in [2.05, 4.69) is 26.1 Å². The van der Waals surface area contributed by atoms with Crippen molar-refractivity contribution in [2.75, 3.05) is 26.9 Å². The van der Waals surface area contributed by atoms with Crippen molar-refractivity contribution in [3.63, 3.8) is 0 Å². The van der Waals surface area contributed by atoms with Gasteiger partial charge in [0.25, 0.3) is 0 Å². The molecule has 1 saturated heterocycles. The molecule has 4 nitrogen and oxygen atoms in total. The quantitative estimate of drug-likeness (QED) is 0.213. The molecule has 36 heavy (non-hydrogen) atoms. The molecule has 0 bridgehead atoms. The van der Waals surface area contributed by atoms with E-state index < -0.39 is 0 Å². The topological polar surface area (TPSA) is 35.5 Å². The SMILES string of the molecule is CCCCCCCCCCCC(=O)OC[N+]1(C)CC2c3ccccc3Oc3ccc(Cl)cc3C2C1.[Cl-]. The van der Waals surface area contributed by atoms with Crippen molar-refractivity contribution in [1.29, 1.82) is 0 Å². The number of carbonyl (C=O) groups is 1. The number of unbranched alkanes of at least 4 members (excludes halogenated alkanes) is 8. The van der Waals surface area contributed by atoms with E-state index in [1.165, 1.54) is 50.5 Å². The lowest BCUT2D eigenvalue weighted by Crippen LogP contribution is -3.00. The number of esters is 1. The highest BCUT2D eigenvalue weighted by Gasteiger charge is 2.48. The Morgan fingerprint density at radius 2 is 1.53 bits per heavy atom. The summed E-state index contributed by atoms with van der Waals surface area (Å²) in [7, 11) is 2.20. The molecule has 0 saturated carbocycles. The molecule has 6 heteroatoms. The minimum atomic E-state index is -0.0634. The Bertz CT molecular complexity index is 998. The highest BCUT2D eigenvalue weighted by Crippen LogP contribution is 2.51. The minimum absolute atomic E-state index is 0. The lowest BCUT2D eigenvalue weighted by Gasteiger charge is -2.29. The summed E-state index contributed by atoms with van der Waals surface area (Å²) >= 11 is 6.38. The van der Waals surface area contributed by atoms with Crippen molar-refractivity contribution in [2.45, 2.75) is 83.0 Å². The first-order chi connectivity index (χ1) is 17.0. The highest BCUT2D eigenvalue weighted by molar-refractivity contribution is 6.30. The van der Waals surface area contributed by atoms with Crippen LogP contribution in [-0.4, -0.2) is 37.3 Å². The Morgan fingerprint density at radius 1 is 0.917 bits per heavy atom. The number of quaternary nitrogens is 1. The average Bonchev–Trinajstić information content (AvgIpc) is 3.15. The molecule has 198 valence electrons. The van der Waals surface area contributed by atoms with Gasteiger partial charge in [-0.05, 0) is 30.7 Å². The predicted molar refractivity (Wildman–Crippen MR) is 142 cm³/mol. The first-order valence-corrected chi connectivity index (χ1v) is 13.9. The molecule has 2 aromatic rings. The van der Waals surface area contributed by atoms with Crippen LogP contribution in [0.1, 0.15) is 94.1 Å². The van der Waals surface area contributed by atoms with Gasteiger partial charge in [0.15, 0.2) is 0 Å². The third-order valence-electron chi connectivity index (χ3n) is 7.69. The molecule has 3 atom stereocenters. The van der Waals surface area contributed by atoms with Crippen molar-refractivity contribution >= 4 is 17.6 Å². The van der Waals surface area contributed by atoms with Gasteiger partial charge in [0.2, 0.25) is 6.73 Å². The number of para-hydroxylation sites is 1. The molecule has 2 aliphatic heterocycles. The molecule has 2 aliphatic rings. The molecule has 1 fully saturated rings. The number of fused-ring (bicyclic) bond motifs is 5. The molecule has 0 spiro atoms. The number of carbonyl (C=O) groups excluding carboxylic acids is 1. The molecular formula is C30H41Cl2NO3. The molecule has 4 rings (SSSR count). The molecular weight excluding hydrogens is 493 g/mol. The molecule has 0 radical (unpaired) electrons. The van der Waals surface area contributed by atoms with E-state index in [1.54, 1.807) is 0 Å². The number of hydrogen-bond acceptors (Lipinski definition) is 3. The van der Waals surface area contributed by atoms with Crippen LogP contribution in [-0.2, 0) is 9.53 Å². The zero-order valence-corrected chi connectivity index (χ0v) is 23.3. The lowest BCUT2D eigenvalue weighted by molar-refractivity contribution is -0.915. The van der Waals surface area contributed by atoms with E-state index in [-0.39, 0.29) is 24.3 Å². The maximum absolute atomic E-state index is 12.5. The van der Waals surface area contributed by atoms with Crippen molar-refractivity contribution in [3.8, 4) is 11.5 Å². The number of likely N-dealkylation sites (N-methyl/N-ethyl adjacent to an activating group) is 1. The third kappa shape index (κ3) is 7.40. The number of likely N-dealkylation sites (tertiary alicyclic amines) is 1. The number of nitrogens with zero attached hydrogens (tertiary/aromatic N) is 1. The van der Waals surface area contributed by atoms with E-state index in [0.717, 1.165) is 48.0 Å². The standard InChI is InChI=1S/C30H41ClNO3.ClH/c1-3-4-5-6-7-8-9-10-11-16-30(33)34-22-32(2)20-26-24-14-12-13-15-28(24)35-29-18-17-23(31)19-25(29)27(26)21-32;/h12-15,17-19,26-27H,3-11,16,20-22H2,1-2H3;1H/q+1;/p-1. The zero-order valence-electron chi connectivity index (χ0n) is 21.8. The third-order valence-corrected chi connectivity index (χ3v) is 7.93. The summed E-state index contributed by atoms with van der Waals surface area (Å²) in [5, 5.41) is 0.727. The number of rotatable bonds is 12. The van der Waals surface area contributed by atoms with Crippen LogP contribution in [0.5, 0.6) is 11.5 Å². The van der Waals surface area contributed by atoms with Crippen LogP contribution >= 0.6 is 11.6 Å². The van der Waals surface area contributed by atoms with Crippen molar-refractivity contribution in [2.24, 2.45) is 0 Å². The average molecular weight is 535 g/mol.